The third kappa shape index (κ3) is 8.46. The fourth-order valence-electron chi connectivity index (χ4n) is 0.737. The Balaban J connectivity index is 0.000000241. The van der Waals surface area contributed by atoms with Crippen LogP contribution in [0, 0.1) is 6.92 Å². The first-order chi connectivity index (χ1) is 6.52. The summed E-state index contributed by atoms with van der Waals surface area (Å²) in [6.07, 6.45) is 0. The van der Waals surface area contributed by atoms with Gasteiger partial charge in [0.05, 0.1) is 0 Å². The summed E-state index contributed by atoms with van der Waals surface area (Å²) in [7, 11) is 0. The first-order valence-electron chi connectivity index (χ1n) is 4.23. The molecular weight excluding hydrogens is 180 g/mol. The van der Waals surface area contributed by atoms with E-state index in [2.05, 4.69) is 23.8 Å². The van der Waals surface area contributed by atoms with Gasteiger partial charge in [-0.2, -0.15) is 0 Å². The Morgan fingerprint density at radius 1 is 1.00 bits per heavy atom. The van der Waals surface area contributed by atoms with E-state index in [0.717, 1.165) is 0 Å². The van der Waals surface area contributed by atoms with Crippen molar-refractivity contribution >= 4 is 11.9 Å². The number of benzene rings is 1. The quantitative estimate of drug-likeness (QED) is 0.469. The Labute approximate surface area is 83.7 Å². The van der Waals surface area contributed by atoms with Gasteiger partial charge in [-0.3, -0.25) is 9.59 Å². The number of aryl methyl sites for hydroxylation is 1. The molecular formula is C11H14O3. The Hall–Kier alpha value is -1.64. The summed E-state index contributed by atoms with van der Waals surface area (Å²) in [5, 5.41) is 0. The molecule has 76 valence electrons. The fourth-order valence-corrected chi connectivity index (χ4v) is 0.737. The number of carbonyl (C=O) groups excluding carboxylic acids is 2. The monoisotopic (exact) mass is 194 g/mol. The molecule has 0 N–H and O–H groups in total. The predicted octanol–water partition coefficient (Wildman–Crippen LogP) is 2.09. The van der Waals surface area contributed by atoms with Crippen LogP contribution >= 0.6 is 0 Å². The summed E-state index contributed by atoms with van der Waals surface area (Å²) < 4.78 is 3.97. The molecule has 1 aromatic carbocycles. The SMILES string of the molecule is CC(=O)OC(C)=O.Cc1ccccc1. The van der Waals surface area contributed by atoms with Crippen LogP contribution in [0.25, 0.3) is 0 Å². The van der Waals surface area contributed by atoms with Gasteiger partial charge >= 0.3 is 11.9 Å². The van der Waals surface area contributed by atoms with Crippen molar-refractivity contribution in [1.82, 2.24) is 0 Å². The highest BCUT2D eigenvalue weighted by Crippen LogP contribution is 1.92. The van der Waals surface area contributed by atoms with Crippen LogP contribution in [-0.2, 0) is 14.3 Å². The highest BCUT2D eigenvalue weighted by Gasteiger charge is 1.93. The molecule has 0 fully saturated rings. The third-order valence-electron chi connectivity index (χ3n) is 1.23. The lowest BCUT2D eigenvalue weighted by Crippen LogP contribution is -2.03. The van der Waals surface area contributed by atoms with Crippen molar-refractivity contribution in [1.29, 1.82) is 0 Å². The van der Waals surface area contributed by atoms with E-state index in [4.69, 9.17) is 0 Å². The fraction of sp³-hybridized carbons (Fsp3) is 0.273. The van der Waals surface area contributed by atoms with E-state index in [9.17, 15) is 9.59 Å². The summed E-state index contributed by atoms with van der Waals surface area (Å²) in [5.74, 6) is -1.12. The van der Waals surface area contributed by atoms with E-state index in [-0.39, 0.29) is 0 Å². The second-order valence-electron chi connectivity index (χ2n) is 2.74. The summed E-state index contributed by atoms with van der Waals surface area (Å²) in [6.45, 7) is 4.45. The van der Waals surface area contributed by atoms with E-state index in [1.807, 2.05) is 18.2 Å². The molecule has 1 aromatic rings. The standard InChI is InChI=1S/C7H8.C4H6O3/c1-7-5-3-2-4-6-7;1-3(5)7-4(2)6/h2-6H,1H3;1-2H3. The van der Waals surface area contributed by atoms with Crippen molar-refractivity contribution in [3.8, 4) is 0 Å². The molecule has 14 heavy (non-hydrogen) atoms. The normalized spacial score (nSPS) is 8.21. The largest absolute Gasteiger partial charge is 0.394 e. The van der Waals surface area contributed by atoms with Gasteiger partial charge in [0.2, 0.25) is 0 Å². The molecule has 0 aliphatic carbocycles. The topological polar surface area (TPSA) is 43.4 Å². The molecule has 0 spiro atoms. The lowest BCUT2D eigenvalue weighted by atomic mass is 10.2. The molecule has 0 heterocycles. The minimum absolute atomic E-state index is 0.562. The van der Waals surface area contributed by atoms with Gasteiger partial charge in [0.15, 0.2) is 0 Å². The van der Waals surface area contributed by atoms with Crippen LogP contribution in [0.2, 0.25) is 0 Å². The molecule has 0 radical (unpaired) electrons. The number of hydrogen-bond acceptors (Lipinski definition) is 3. The van der Waals surface area contributed by atoms with Crippen molar-refractivity contribution in [2.24, 2.45) is 0 Å². The summed E-state index contributed by atoms with van der Waals surface area (Å²) in [6, 6.07) is 10.3. The van der Waals surface area contributed by atoms with Crippen LogP contribution in [0.5, 0.6) is 0 Å². The predicted molar refractivity (Wildman–Crippen MR) is 53.6 cm³/mol. The number of carbonyl (C=O) groups is 2. The van der Waals surface area contributed by atoms with E-state index >= 15 is 0 Å². The summed E-state index contributed by atoms with van der Waals surface area (Å²) in [4.78, 5) is 19.6. The van der Waals surface area contributed by atoms with Crippen LogP contribution in [0.4, 0.5) is 0 Å². The van der Waals surface area contributed by atoms with Gasteiger partial charge in [0.1, 0.15) is 0 Å². The maximum atomic E-state index is 9.81. The summed E-state index contributed by atoms with van der Waals surface area (Å²) in [5.41, 5.74) is 1.32. The van der Waals surface area contributed by atoms with Crippen molar-refractivity contribution in [2.45, 2.75) is 20.8 Å². The van der Waals surface area contributed by atoms with E-state index < -0.39 is 11.9 Å². The van der Waals surface area contributed by atoms with Gasteiger partial charge in [-0.15, -0.1) is 0 Å². The third-order valence-corrected chi connectivity index (χ3v) is 1.23. The van der Waals surface area contributed by atoms with E-state index in [0.29, 0.717) is 0 Å². The van der Waals surface area contributed by atoms with Gasteiger partial charge in [0.25, 0.3) is 0 Å². The number of hydrogen-bond donors (Lipinski definition) is 0. The van der Waals surface area contributed by atoms with Crippen LogP contribution in [-0.4, -0.2) is 11.9 Å². The van der Waals surface area contributed by atoms with Crippen molar-refractivity contribution in [3.63, 3.8) is 0 Å². The first-order valence-corrected chi connectivity index (χ1v) is 4.23. The Kier molecular flexibility index (Phi) is 6.03. The van der Waals surface area contributed by atoms with Crippen LogP contribution < -0.4 is 0 Å². The van der Waals surface area contributed by atoms with Crippen molar-refractivity contribution in [3.05, 3.63) is 35.9 Å². The molecule has 0 aromatic heterocycles. The molecule has 1 rings (SSSR count). The highest BCUT2D eigenvalue weighted by atomic mass is 16.6. The zero-order valence-corrected chi connectivity index (χ0v) is 8.61. The molecule has 0 saturated heterocycles. The second-order valence-corrected chi connectivity index (χ2v) is 2.74. The van der Waals surface area contributed by atoms with Gasteiger partial charge in [-0.1, -0.05) is 35.9 Å². The number of esters is 2. The van der Waals surface area contributed by atoms with Gasteiger partial charge in [0, 0.05) is 13.8 Å². The lowest BCUT2D eigenvalue weighted by molar-refractivity contribution is -0.156. The minimum Gasteiger partial charge on any atom is -0.394 e. The molecule has 0 saturated carbocycles. The number of ether oxygens (including phenoxy) is 1. The molecule has 0 amide bonds. The van der Waals surface area contributed by atoms with Gasteiger partial charge in [-0.05, 0) is 6.92 Å². The van der Waals surface area contributed by atoms with Crippen molar-refractivity contribution < 1.29 is 14.3 Å². The maximum absolute atomic E-state index is 9.81. The van der Waals surface area contributed by atoms with Crippen molar-refractivity contribution in [2.75, 3.05) is 0 Å². The molecule has 3 heteroatoms. The number of rotatable bonds is 0. The van der Waals surface area contributed by atoms with Gasteiger partial charge < -0.3 is 4.74 Å². The van der Waals surface area contributed by atoms with E-state index in [1.165, 1.54) is 19.4 Å². The van der Waals surface area contributed by atoms with Gasteiger partial charge in [-0.25, -0.2) is 0 Å². The average Bonchev–Trinajstić information content (AvgIpc) is 2.03. The summed E-state index contributed by atoms with van der Waals surface area (Å²) >= 11 is 0. The van der Waals surface area contributed by atoms with E-state index in [1.54, 1.807) is 0 Å². The zero-order valence-electron chi connectivity index (χ0n) is 8.61. The zero-order chi connectivity index (χ0) is 11.0. The Morgan fingerprint density at radius 3 is 1.57 bits per heavy atom. The maximum Gasteiger partial charge on any atom is 0.310 e. The highest BCUT2D eigenvalue weighted by molar-refractivity contribution is 5.82. The Morgan fingerprint density at radius 2 is 1.43 bits per heavy atom. The Bertz CT molecular complexity index is 279. The molecule has 0 aliphatic rings. The lowest BCUT2D eigenvalue weighted by Gasteiger charge is -1.87. The molecule has 0 atom stereocenters. The van der Waals surface area contributed by atoms with Crippen LogP contribution in [0.1, 0.15) is 19.4 Å². The molecule has 0 bridgehead atoms. The second kappa shape index (κ2) is 6.83. The minimum atomic E-state index is -0.562. The molecule has 0 unspecified atom stereocenters. The average molecular weight is 194 g/mol. The van der Waals surface area contributed by atoms with Crippen LogP contribution in [0.3, 0.4) is 0 Å². The van der Waals surface area contributed by atoms with Crippen LogP contribution in [0.15, 0.2) is 30.3 Å². The molecule has 0 aliphatic heterocycles. The molecule has 3 nitrogen and oxygen atoms in total. The smallest absolute Gasteiger partial charge is 0.310 e. The first kappa shape index (κ1) is 12.4.